The van der Waals surface area contributed by atoms with Crippen molar-refractivity contribution in [2.45, 2.75) is 24.7 Å². The lowest BCUT2D eigenvalue weighted by molar-refractivity contribution is -0.263. The van der Waals surface area contributed by atoms with Gasteiger partial charge in [-0.05, 0) is 24.6 Å². The number of aromatic hydroxyl groups is 1. The number of carbonyl (C=O) groups excluding carboxylic acids is 2. The monoisotopic (exact) mass is 443 g/mol. The number of para-hydroxylation sites is 1. The predicted molar refractivity (Wildman–Crippen MR) is 111 cm³/mol. The van der Waals surface area contributed by atoms with Crippen LogP contribution in [0.2, 0.25) is 0 Å². The van der Waals surface area contributed by atoms with Crippen LogP contribution in [0.3, 0.4) is 0 Å². The van der Waals surface area contributed by atoms with E-state index in [1.807, 2.05) is 0 Å². The molecule has 0 spiro atoms. The van der Waals surface area contributed by atoms with E-state index in [1.165, 1.54) is 48.5 Å². The maximum atomic E-state index is 13.6. The van der Waals surface area contributed by atoms with E-state index in [9.17, 15) is 33.0 Å². The van der Waals surface area contributed by atoms with Gasteiger partial charge in [-0.25, -0.2) is 0 Å². The third-order valence-electron chi connectivity index (χ3n) is 5.10. The molecule has 0 saturated heterocycles. The van der Waals surface area contributed by atoms with E-state index < -0.39 is 29.5 Å². The molecule has 5 nitrogen and oxygen atoms in total. The molecule has 0 aliphatic heterocycles. The number of halogens is 3. The fourth-order valence-electron chi connectivity index (χ4n) is 3.17. The Morgan fingerprint density at radius 3 is 1.94 bits per heavy atom. The van der Waals surface area contributed by atoms with Gasteiger partial charge in [-0.3, -0.25) is 9.59 Å². The van der Waals surface area contributed by atoms with Gasteiger partial charge < -0.3 is 15.5 Å². The summed E-state index contributed by atoms with van der Waals surface area (Å²) < 4.78 is 40.9. The van der Waals surface area contributed by atoms with Crippen molar-refractivity contribution in [1.29, 1.82) is 0 Å². The number of amides is 1. The Bertz CT molecular complexity index is 1110. The van der Waals surface area contributed by atoms with Crippen molar-refractivity contribution in [1.82, 2.24) is 5.32 Å². The van der Waals surface area contributed by atoms with Gasteiger partial charge >= 0.3 is 6.18 Å². The molecule has 3 aromatic carbocycles. The van der Waals surface area contributed by atoms with Crippen molar-refractivity contribution in [2.24, 2.45) is 0 Å². The number of alkyl halides is 3. The number of nitrogens with one attached hydrogen (secondary N) is 1. The Balaban J connectivity index is 1.96. The number of rotatable bonds is 6. The van der Waals surface area contributed by atoms with Crippen LogP contribution in [-0.2, 0) is 0 Å². The molecule has 0 heterocycles. The minimum atomic E-state index is -5.08. The summed E-state index contributed by atoms with van der Waals surface area (Å²) in [5.74, 6) is -1.74. The average Bonchev–Trinajstić information content (AvgIpc) is 2.77. The van der Waals surface area contributed by atoms with Crippen LogP contribution in [0.4, 0.5) is 13.2 Å². The van der Waals surface area contributed by atoms with Crippen molar-refractivity contribution in [2.75, 3.05) is 0 Å². The normalized spacial score (nSPS) is 14.3. The number of hydrogen-bond donors (Lipinski definition) is 3. The van der Waals surface area contributed by atoms with Crippen molar-refractivity contribution in [3.05, 3.63) is 101 Å². The van der Waals surface area contributed by atoms with Crippen LogP contribution in [-0.4, -0.2) is 33.7 Å². The Morgan fingerprint density at radius 1 is 0.844 bits per heavy atom. The smallest absolute Gasteiger partial charge is 0.419 e. The molecule has 2 atom stereocenters. The lowest BCUT2D eigenvalue weighted by atomic mass is 9.88. The van der Waals surface area contributed by atoms with Gasteiger partial charge in [0.1, 0.15) is 5.75 Å². The van der Waals surface area contributed by atoms with Crippen LogP contribution in [0, 0.1) is 0 Å². The zero-order valence-corrected chi connectivity index (χ0v) is 16.9. The first-order valence-corrected chi connectivity index (χ1v) is 9.60. The highest BCUT2D eigenvalue weighted by Gasteiger charge is 2.56. The number of ketones is 1. The standard InChI is InChI=1S/C24H20F3NO4/c1-23(32,24(25,26)27)21(28-22(31)18-9-5-6-10-19(18)29)17-13-11-16(12-14-17)20(30)15-7-3-2-4-8-15/h2-14,21,29,32H,1H3,(H,28,31). The van der Waals surface area contributed by atoms with E-state index in [0.29, 0.717) is 12.5 Å². The number of benzene rings is 3. The maximum absolute atomic E-state index is 13.6. The van der Waals surface area contributed by atoms with Gasteiger partial charge in [0.2, 0.25) is 0 Å². The van der Waals surface area contributed by atoms with Crippen molar-refractivity contribution in [3.8, 4) is 5.75 Å². The molecule has 0 saturated carbocycles. The molecule has 3 aromatic rings. The van der Waals surface area contributed by atoms with E-state index in [0.717, 1.165) is 0 Å². The van der Waals surface area contributed by atoms with Gasteiger partial charge in [-0.15, -0.1) is 0 Å². The zero-order valence-electron chi connectivity index (χ0n) is 16.9. The van der Waals surface area contributed by atoms with Crippen LogP contribution in [0.1, 0.15) is 44.8 Å². The van der Waals surface area contributed by atoms with E-state index >= 15 is 0 Å². The zero-order chi connectivity index (χ0) is 23.5. The molecular formula is C24H20F3NO4. The third kappa shape index (κ3) is 4.65. The first kappa shape index (κ1) is 23.0. The summed E-state index contributed by atoms with van der Waals surface area (Å²) in [5.41, 5.74) is -3.01. The summed E-state index contributed by atoms with van der Waals surface area (Å²) in [6.45, 7) is 0.547. The predicted octanol–water partition coefficient (Wildman–Crippen LogP) is 4.41. The van der Waals surface area contributed by atoms with Crippen LogP contribution in [0.15, 0.2) is 78.9 Å². The minimum Gasteiger partial charge on any atom is -0.507 e. The van der Waals surface area contributed by atoms with Crippen LogP contribution >= 0.6 is 0 Å². The van der Waals surface area contributed by atoms with E-state index in [2.05, 4.69) is 5.32 Å². The van der Waals surface area contributed by atoms with E-state index in [1.54, 1.807) is 30.3 Å². The Kier molecular flexibility index (Phi) is 6.36. The largest absolute Gasteiger partial charge is 0.507 e. The highest BCUT2D eigenvalue weighted by atomic mass is 19.4. The van der Waals surface area contributed by atoms with Gasteiger partial charge in [-0.1, -0.05) is 66.7 Å². The Hall–Kier alpha value is -3.65. The van der Waals surface area contributed by atoms with Crippen molar-refractivity contribution < 1.29 is 33.0 Å². The number of aliphatic hydroxyl groups is 1. The molecule has 1 amide bonds. The molecule has 32 heavy (non-hydrogen) atoms. The quantitative estimate of drug-likeness (QED) is 0.493. The molecule has 3 N–H and O–H groups in total. The molecule has 2 unspecified atom stereocenters. The second-order valence-corrected chi connectivity index (χ2v) is 7.39. The molecule has 3 rings (SSSR count). The molecule has 8 heteroatoms. The number of carbonyl (C=O) groups is 2. The first-order chi connectivity index (χ1) is 15.0. The lowest BCUT2D eigenvalue weighted by Crippen LogP contribution is -2.53. The second-order valence-electron chi connectivity index (χ2n) is 7.39. The number of phenols is 1. The molecule has 0 radical (unpaired) electrons. The first-order valence-electron chi connectivity index (χ1n) is 9.60. The molecule has 0 bridgehead atoms. The summed E-state index contributed by atoms with van der Waals surface area (Å²) >= 11 is 0. The number of hydrogen-bond acceptors (Lipinski definition) is 4. The van der Waals surface area contributed by atoms with Gasteiger partial charge in [-0.2, -0.15) is 13.2 Å². The highest BCUT2D eigenvalue weighted by molar-refractivity contribution is 6.09. The van der Waals surface area contributed by atoms with Gasteiger partial charge in [0.05, 0.1) is 11.6 Å². The SMILES string of the molecule is CC(O)(C(NC(=O)c1ccccc1O)c1ccc(C(=O)c2ccccc2)cc1)C(F)(F)F. The summed E-state index contributed by atoms with van der Waals surface area (Å²) in [4.78, 5) is 25.1. The second kappa shape index (κ2) is 8.84. The average molecular weight is 443 g/mol. The Morgan fingerprint density at radius 2 is 1.38 bits per heavy atom. The fraction of sp³-hybridized carbons (Fsp3) is 0.167. The summed E-state index contributed by atoms with van der Waals surface area (Å²) in [7, 11) is 0. The summed E-state index contributed by atoms with van der Waals surface area (Å²) in [6.07, 6.45) is -5.08. The lowest BCUT2D eigenvalue weighted by Gasteiger charge is -2.35. The van der Waals surface area contributed by atoms with Crippen molar-refractivity contribution in [3.63, 3.8) is 0 Å². The van der Waals surface area contributed by atoms with Crippen LogP contribution < -0.4 is 5.32 Å². The number of phenolic OH excluding ortho intramolecular Hbond substituents is 1. The maximum Gasteiger partial charge on any atom is 0.419 e. The molecule has 0 fully saturated rings. The highest BCUT2D eigenvalue weighted by Crippen LogP contribution is 2.40. The summed E-state index contributed by atoms with van der Waals surface area (Å²) in [6, 6.07) is 16.9. The van der Waals surface area contributed by atoms with Crippen molar-refractivity contribution >= 4 is 11.7 Å². The van der Waals surface area contributed by atoms with Crippen LogP contribution in [0.5, 0.6) is 5.75 Å². The minimum absolute atomic E-state index is 0.0688. The Labute approximate surface area is 182 Å². The van der Waals surface area contributed by atoms with Crippen LogP contribution in [0.25, 0.3) is 0 Å². The van der Waals surface area contributed by atoms with E-state index in [4.69, 9.17) is 0 Å². The van der Waals surface area contributed by atoms with Gasteiger partial charge in [0, 0.05) is 11.1 Å². The molecule has 166 valence electrons. The molecule has 0 aliphatic carbocycles. The fourth-order valence-corrected chi connectivity index (χ4v) is 3.17. The molecular weight excluding hydrogens is 423 g/mol. The summed E-state index contributed by atoms with van der Waals surface area (Å²) in [5, 5.41) is 22.3. The van der Waals surface area contributed by atoms with Gasteiger partial charge in [0.25, 0.3) is 5.91 Å². The molecule has 0 aliphatic rings. The third-order valence-corrected chi connectivity index (χ3v) is 5.10. The van der Waals surface area contributed by atoms with E-state index in [-0.39, 0.29) is 22.5 Å². The molecule has 0 aromatic heterocycles. The van der Waals surface area contributed by atoms with Gasteiger partial charge in [0.15, 0.2) is 11.4 Å². The topological polar surface area (TPSA) is 86.6 Å².